The molecular weight excluding hydrogens is 428 g/mol. The number of benzodiazepines with no additional fused rings is 1. The summed E-state index contributed by atoms with van der Waals surface area (Å²) in [7, 11) is 2.09. The number of fused-ring (bicyclic) bond motifs is 1. The molecule has 32 heavy (non-hydrogen) atoms. The Balaban J connectivity index is 1.67. The van der Waals surface area contributed by atoms with E-state index in [1.807, 2.05) is 38.1 Å². The molecule has 2 aliphatic rings. The molecule has 3 amide bonds. The number of hydrogen-bond donors (Lipinski definition) is 2. The maximum Gasteiger partial charge on any atom is 0.323 e. The van der Waals surface area contributed by atoms with E-state index in [0.717, 1.165) is 54.7 Å². The first-order valence-corrected chi connectivity index (χ1v) is 11.6. The first-order chi connectivity index (χ1) is 15.5. The number of nitrogens with zero attached hydrogens (tertiary/aromatic N) is 6. The van der Waals surface area contributed by atoms with Gasteiger partial charge in [0.15, 0.2) is 0 Å². The van der Waals surface area contributed by atoms with Crippen LogP contribution in [0.5, 0.6) is 0 Å². The number of benzene rings is 1. The van der Waals surface area contributed by atoms with Crippen LogP contribution in [0.2, 0.25) is 0 Å². The van der Waals surface area contributed by atoms with Crippen LogP contribution >= 0.6 is 11.3 Å². The lowest BCUT2D eigenvalue weighted by Gasteiger charge is -2.35. The van der Waals surface area contributed by atoms with Gasteiger partial charge in [0.2, 0.25) is 11.3 Å². The molecule has 0 aliphatic carbocycles. The van der Waals surface area contributed by atoms with E-state index in [4.69, 9.17) is 4.99 Å². The summed E-state index contributed by atoms with van der Waals surface area (Å²) in [6.45, 7) is 7.78. The standard InChI is InChI=1S/C21H28N8O2S/c1-4-9-29-16-8-6-5-7-15(16)18(28-12-10-27(3)11-13-28)22-17(19(29)30)23-20(31)24-21-26-25-14(2)32-21/h5-8,17H,4,9-13H2,1-3H3,(H2,23,24,26,31). The van der Waals surface area contributed by atoms with E-state index in [0.29, 0.717) is 11.7 Å². The van der Waals surface area contributed by atoms with Gasteiger partial charge in [0, 0.05) is 38.3 Å². The van der Waals surface area contributed by atoms with Crippen molar-refractivity contribution in [3.63, 3.8) is 0 Å². The topological polar surface area (TPSA) is 106 Å². The second-order valence-corrected chi connectivity index (χ2v) is 9.06. The Morgan fingerprint density at radius 2 is 1.94 bits per heavy atom. The number of anilines is 2. The van der Waals surface area contributed by atoms with E-state index >= 15 is 0 Å². The van der Waals surface area contributed by atoms with E-state index in [1.54, 1.807) is 4.90 Å². The van der Waals surface area contributed by atoms with Gasteiger partial charge in [-0.25, -0.2) is 9.79 Å². The largest absolute Gasteiger partial charge is 0.354 e. The van der Waals surface area contributed by atoms with Gasteiger partial charge in [0.25, 0.3) is 5.91 Å². The van der Waals surface area contributed by atoms with Crippen molar-refractivity contribution in [2.75, 3.05) is 50.0 Å². The van der Waals surface area contributed by atoms with Gasteiger partial charge in [0.05, 0.1) is 5.69 Å². The van der Waals surface area contributed by atoms with Crippen LogP contribution in [-0.4, -0.2) is 83.7 Å². The summed E-state index contributed by atoms with van der Waals surface area (Å²) in [6, 6.07) is 7.28. The van der Waals surface area contributed by atoms with Crippen molar-refractivity contribution in [1.29, 1.82) is 0 Å². The molecule has 1 atom stereocenters. The van der Waals surface area contributed by atoms with Gasteiger partial charge in [-0.2, -0.15) is 0 Å². The fourth-order valence-corrected chi connectivity index (χ4v) is 4.42. The Bertz CT molecular complexity index is 1010. The van der Waals surface area contributed by atoms with E-state index in [1.165, 1.54) is 11.3 Å². The molecule has 1 aromatic heterocycles. The molecule has 0 saturated carbocycles. The predicted molar refractivity (Wildman–Crippen MR) is 125 cm³/mol. The quantitative estimate of drug-likeness (QED) is 0.726. The van der Waals surface area contributed by atoms with Crippen molar-refractivity contribution < 1.29 is 9.59 Å². The minimum Gasteiger partial charge on any atom is -0.354 e. The summed E-state index contributed by atoms with van der Waals surface area (Å²) >= 11 is 1.27. The van der Waals surface area contributed by atoms with Gasteiger partial charge in [0.1, 0.15) is 10.8 Å². The molecule has 1 unspecified atom stereocenters. The molecule has 1 fully saturated rings. The molecule has 4 rings (SSSR count). The Kier molecular flexibility index (Phi) is 6.66. The molecule has 3 heterocycles. The summed E-state index contributed by atoms with van der Waals surface area (Å²) in [5.74, 6) is 0.477. The van der Waals surface area contributed by atoms with Crippen LogP contribution in [-0.2, 0) is 4.79 Å². The molecule has 1 saturated heterocycles. The highest BCUT2D eigenvalue weighted by molar-refractivity contribution is 7.15. The van der Waals surface area contributed by atoms with Crippen LogP contribution in [0.1, 0.15) is 23.9 Å². The number of carbonyl (C=O) groups excluding carboxylic acids is 2. The average Bonchev–Trinajstić information content (AvgIpc) is 3.15. The Labute approximate surface area is 191 Å². The molecule has 0 spiro atoms. The lowest BCUT2D eigenvalue weighted by atomic mass is 10.1. The van der Waals surface area contributed by atoms with E-state index in [9.17, 15) is 9.59 Å². The number of piperazine rings is 1. The number of aromatic nitrogens is 2. The molecule has 2 aromatic rings. The van der Waals surface area contributed by atoms with E-state index < -0.39 is 12.2 Å². The molecule has 2 aliphatic heterocycles. The molecule has 1 aromatic carbocycles. The highest BCUT2D eigenvalue weighted by Gasteiger charge is 2.34. The number of hydrogen-bond acceptors (Lipinski definition) is 8. The van der Waals surface area contributed by atoms with E-state index in [-0.39, 0.29) is 5.91 Å². The van der Waals surface area contributed by atoms with Crippen LogP contribution in [0.25, 0.3) is 0 Å². The van der Waals surface area contributed by atoms with E-state index in [2.05, 4.69) is 37.7 Å². The van der Waals surface area contributed by atoms with Gasteiger partial charge in [-0.3, -0.25) is 10.1 Å². The van der Waals surface area contributed by atoms with Gasteiger partial charge in [-0.1, -0.05) is 30.4 Å². The number of nitrogens with one attached hydrogen (secondary N) is 2. The number of urea groups is 1. The number of amides is 3. The van der Waals surface area contributed by atoms with Crippen molar-refractivity contribution >= 4 is 39.9 Å². The van der Waals surface area contributed by atoms with Gasteiger partial charge in [-0.05, 0) is 32.5 Å². The Morgan fingerprint density at radius 1 is 1.19 bits per heavy atom. The second kappa shape index (κ2) is 9.61. The summed E-state index contributed by atoms with van der Waals surface area (Å²) in [5.41, 5.74) is 1.73. The van der Waals surface area contributed by atoms with Gasteiger partial charge in [-0.15, -0.1) is 10.2 Å². The van der Waals surface area contributed by atoms with Crippen molar-refractivity contribution in [3.8, 4) is 0 Å². The van der Waals surface area contributed by atoms with Crippen molar-refractivity contribution in [2.45, 2.75) is 26.4 Å². The highest BCUT2D eigenvalue weighted by Crippen LogP contribution is 2.27. The van der Waals surface area contributed by atoms with Crippen LogP contribution in [0.3, 0.4) is 0 Å². The second-order valence-electron chi connectivity index (χ2n) is 7.88. The third-order valence-corrected chi connectivity index (χ3v) is 6.21. The molecule has 11 heteroatoms. The smallest absolute Gasteiger partial charge is 0.323 e. The number of rotatable bonds is 4. The average molecular weight is 457 g/mol. The third-order valence-electron chi connectivity index (χ3n) is 5.45. The number of carbonyl (C=O) groups is 2. The maximum absolute atomic E-state index is 13.5. The lowest BCUT2D eigenvalue weighted by molar-refractivity contribution is -0.120. The van der Waals surface area contributed by atoms with Crippen molar-refractivity contribution in [1.82, 2.24) is 25.3 Å². The first kappa shape index (κ1) is 22.2. The Hall–Kier alpha value is -3.05. The molecule has 2 N–H and O–H groups in total. The fourth-order valence-electron chi connectivity index (χ4n) is 3.83. The number of para-hydroxylation sites is 1. The summed E-state index contributed by atoms with van der Waals surface area (Å²) in [4.78, 5) is 37.1. The monoisotopic (exact) mass is 456 g/mol. The lowest BCUT2D eigenvalue weighted by Crippen LogP contribution is -2.50. The number of likely N-dealkylation sites (N-methyl/N-ethyl adjacent to an activating group) is 1. The maximum atomic E-state index is 13.5. The summed E-state index contributed by atoms with van der Waals surface area (Å²) in [6.07, 6.45) is -0.259. The van der Waals surface area contributed by atoms with Crippen molar-refractivity contribution in [3.05, 3.63) is 34.8 Å². The van der Waals surface area contributed by atoms with Crippen LogP contribution < -0.4 is 15.5 Å². The minimum absolute atomic E-state index is 0.257. The molecule has 10 nitrogen and oxygen atoms in total. The highest BCUT2D eigenvalue weighted by atomic mass is 32.1. The predicted octanol–water partition coefficient (Wildman–Crippen LogP) is 1.74. The van der Waals surface area contributed by atoms with Gasteiger partial charge < -0.3 is 20.0 Å². The zero-order valence-electron chi connectivity index (χ0n) is 18.5. The number of aliphatic imine (C=N–C) groups is 1. The number of aryl methyl sites for hydroxylation is 1. The zero-order valence-corrected chi connectivity index (χ0v) is 19.4. The summed E-state index contributed by atoms with van der Waals surface area (Å²) < 4.78 is 0. The van der Waals surface area contributed by atoms with Crippen LogP contribution in [0, 0.1) is 6.92 Å². The molecule has 170 valence electrons. The molecule has 0 radical (unpaired) electrons. The third kappa shape index (κ3) is 4.73. The minimum atomic E-state index is -1.04. The van der Waals surface area contributed by atoms with Crippen LogP contribution in [0.15, 0.2) is 29.3 Å². The SMILES string of the molecule is CCCN1C(=O)C(NC(=O)Nc2nnc(C)s2)N=C(N2CCN(C)CC2)c2ccccc21. The first-order valence-electron chi connectivity index (χ1n) is 10.8. The fraction of sp³-hybridized carbons (Fsp3) is 0.476. The van der Waals surface area contributed by atoms with Gasteiger partial charge >= 0.3 is 6.03 Å². The normalized spacial score (nSPS) is 19.3. The Morgan fingerprint density at radius 3 is 2.62 bits per heavy atom. The number of amidine groups is 1. The molecular formula is C21H28N8O2S. The zero-order chi connectivity index (χ0) is 22.7. The summed E-state index contributed by atoms with van der Waals surface area (Å²) in [5, 5.41) is 14.3. The van der Waals surface area contributed by atoms with Crippen LogP contribution in [0.4, 0.5) is 15.6 Å². The molecule has 0 bridgehead atoms. The van der Waals surface area contributed by atoms with Crippen molar-refractivity contribution in [2.24, 2.45) is 4.99 Å².